The molecule has 5 rings (SSSR count). The van der Waals surface area contributed by atoms with E-state index in [1.165, 1.54) is 29.4 Å². The van der Waals surface area contributed by atoms with Gasteiger partial charge in [0.15, 0.2) is 0 Å². The van der Waals surface area contributed by atoms with Gasteiger partial charge in [0.1, 0.15) is 17.6 Å². The predicted octanol–water partition coefficient (Wildman–Crippen LogP) is 5.23. The van der Waals surface area contributed by atoms with Crippen molar-refractivity contribution in [2.75, 3.05) is 12.0 Å². The average molecular weight is 490 g/mol. The molecule has 0 saturated carbocycles. The Morgan fingerprint density at radius 2 is 1.77 bits per heavy atom. The van der Waals surface area contributed by atoms with E-state index in [-0.39, 0.29) is 23.2 Å². The number of anilines is 1. The van der Waals surface area contributed by atoms with Crippen LogP contribution in [0.25, 0.3) is 0 Å². The number of rotatable bonds is 5. The number of methoxy groups -OCH3 is 1. The molecular formula is C25H20ClN5O4. The number of carbonyl (C=O) groups is 1. The first-order chi connectivity index (χ1) is 17.0. The van der Waals surface area contributed by atoms with Crippen molar-refractivity contribution in [3.05, 3.63) is 111 Å². The van der Waals surface area contributed by atoms with E-state index in [9.17, 15) is 14.9 Å². The molecule has 0 radical (unpaired) electrons. The number of nitro groups is 1. The highest BCUT2D eigenvalue weighted by Crippen LogP contribution is 2.45. The molecule has 0 saturated heterocycles. The summed E-state index contributed by atoms with van der Waals surface area (Å²) in [7, 11) is 1.60. The first kappa shape index (κ1) is 22.5. The highest BCUT2D eigenvalue weighted by Gasteiger charge is 2.41. The van der Waals surface area contributed by atoms with E-state index in [2.05, 4.69) is 10.1 Å². The lowest BCUT2D eigenvalue weighted by Gasteiger charge is -2.39. The maximum atomic E-state index is 13.9. The number of benzene rings is 3. The Morgan fingerprint density at radius 3 is 2.51 bits per heavy atom. The van der Waals surface area contributed by atoms with Crippen LogP contribution in [0.3, 0.4) is 0 Å². The van der Waals surface area contributed by atoms with Crippen LogP contribution in [0.5, 0.6) is 5.75 Å². The van der Waals surface area contributed by atoms with E-state index in [0.29, 0.717) is 17.2 Å². The molecule has 1 aromatic heterocycles. The van der Waals surface area contributed by atoms with Gasteiger partial charge in [-0.1, -0.05) is 54.1 Å². The van der Waals surface area contributed by atoms with E-state index < -0.39 is 16.9 Å². The number of amides is 1. The highest BCUT2D eigenvalue weighted by molar-refractivity contribution is 6.30. The summed E-state index contributed by atoms with van der Waals surface area (Å²) in [6.45, 7) is 0. The van der Waals surface area contributed by atoms with E-state index in [1.807, 2.05) is 36.4 Å². The van der Waals surface area contributed by atoms with Gasteiger partial charge in [0.25, 0.3) is 11.6 Å². The van der Waals surface area contributed by atoms with Gasteiger partial charge in [0, 0.05) is 16.7 Å². The summed E-state index contributed by atoms with van der Waals surface area (Å²) < 4.78 is 7.26. The lowest BCUT2D eigenvalue weighted by molar-refractivity contribution is -0.385. The maximum absolute atomic E-state index is 13.9. The van der Waals surface area contributed by atoms with Crippen LogP contribution in [0.2, 0.25) is 5.02 Å². The summed E-state index contributed by atoms with van der Waals surface area (Å²) in [4.78, 5) is 30.9. The third kappa shape index (κ3) is 4.00. The Labute approximate surface area is 205 Å². The van der Waals surface area contributed by atoms with Crippen molar-refractivity contribution in [2.24, 2.45) is 0 Å². The van der Waals surface area contributed by atoms with Crippen molar-refractivity contribution in [3.8, 4) is 5.75 Å². The Bertz CT molecular complexity index is 1410. The van der Waals surface area contributed by atoms with E-state index >= 15 is 0 Å². The molecule has 1 aliphatic rings. The number of nitrogens with zero attached hydrogens (tertiary/aromatic N) is 5. The Kier molecular flexibility index (Phi) is 5.92. The standard InChI is InChI=1S/C25H20ClN5O4/c1-35-23-9-5-3-6-18(23)22-14-21(16-10-12-17(26)13-11-16)29(25-27-15-28-30(22)25)24(32)19-7-2-4-8-20(19)31(33)34/h2-13,15,21-22H,14H2,1H3/t21-,22+/m1/s1. The molecule has 4 aromatic rings. The molecule has 2 atom stereocenters. The SMILES string of the molecule is COc1ccccc1[C@@H]1C[C@H](c2ccc(Cl)cc2)N(C(=O)c2ccccc2[N+](=O)[O-])c2ncnn21. The van der Waals surface area contributed by atoms with Crippen LogP contribution in [0.4, 0.5) is 11.6 Å². The fraction of sp³-hybridized carbons (Fsp3) is 0.160. The second-order valence-electron chi connectivity index (χ2n) is 8.01. The molecule has 35 heavy (non-hydrogen) atoms. The lowest BCUT2D eigenvalue weighted by Crippen LogP contribution is -2.43. The monoisotopic (exact) mass is 489 g/mol. The second-order valence-corrected chi connectivity index (χ2v) is 8.45. The molecule has 1 aliphatic heterocycles. The van der Waals surface area contributed by atoms with Gasteiger partial charge in [-0.15, -0.1) is 0 Å². The molecule has 176 valence electrons. The summed E-state index contributed by atoms with van der Waals surface area (Å²) in [5.74, 6) is 0.438. The second kappa shape index (κ2) is 9.19. The molecule has 0 spiro atoms. The van der Waals surface area contributed by atoms with Crippen molar-refractivity contribution in [3.63, 3.8) is 0 Å². The van der Waals surface area contributed by atoms with Crippen LogP contribution in [0.15, 0.2) is 79.1 Å². The minimum atomic E-state index is -0.559. The summed E-state index contributed by atoms with van der Waals surface area (Å²) in [6, 6.07) is 19.9. The van der Waals surface area contributed by atoms with Crippen molar-refractivity contribution in [1.29, 1.82) is 0 Å². The number of aromatic nitrogens is 3. The summed E-state index contributed by atoms with van der Waals surface area (Å²) >= 11 is 6.13. The minimum Gasteiger partial charge on any atom is -0.496 e. The largest absolute Gasteiger partial charge is 0.496 e. The molecule has 0 N–H and O–H groups in total. The number of fused-ring (bicyclic) bond motifs is 1. The zero-order valence-electron chi connectivity index (χ0n) is 18.6. The molecule has 10 heteroatoms. The average Bonchev–Trinajstić information content (AvgIpc) is 3.37. The van der Waals surface area contributed by atoms with Gasteiger partial charge in [-0.2, -0.15) is 10.1 Å². The van der Waals surface area contributed by atoms with Gasteiger partial charge < -0.3 is 4.74 Å². The molecule has 1 amide bonds. The zero-order valence-corrected chi connectivity index (χ0v) is 19.4. The normalized spacial score (nSPS) is 17.0. The molecule has 0 unspecified atom stereocenters. The van der Waals surface area contributed by atoms with Gasteiger partial charge in [-0.05, 0) is 36.2 Å². The van der Waals surface area contributed by atoms with E-state index in [4.69, 9.17) is 16.3 Å². The number of hydrogen-bond acceptors (Lipinski definition) is 6. The topological polar surface area (TPSA) is 103 Å². The molecule has 0 fully saturated rings. The highest BCUT2D eigenvalue weighted by atomic mass is 35.5. The van der Waals surface area contributed by atoms with Gasteiger partial charge in [-0.3, -0.25) is 19.8 Å². The molecule has 2 heterocycles. The minimum absolute atomic E-state index is 0.0262. The van der Waals surface area contributed by atoms with Crippen molar-refractivity contribution < 1.29 is 14.5 Å². The molecule has 9 nitrogen and oxygen atoms in total. The van der Waals surface area contributed by atoms with Crippen LogP contribution in [-0.2, 0) is 0 Å². The van der Waals surface area contributed by atoms with Crippen LogP contribution in [0.1, 0.15) is 40.0 Å². The van der Waals surface area contributed by atoms with Crippen LogP contribution >= 0.6 is 11.6 Å². The summed E-state index contributed by atoms with van der Waals surface area (Å²) in [5.41, 5.74) is 1.40. The van der Waals surface area contributed by atoms with Gasteiger partial charge in [0.05, 0.1) is 24.1 Å². The Morgan fingerprint density at radius 1 is 1.06 bits per heavy atom. The Balaban J connectivity index is 1.69. The zero-order chi connectivity index (χ0) is 24.5. The van der Waals surface area contributed by atoms with Crippen molar-refractivity contribution in [1.82, 2.24) is 14.8 Å². The fourth-order valence-electron chi connectivity index (χ4n) is 4.54. The van der Waals surface area contributed by atoms with Crippen LogP contribution in [0, 0.1) is 10.1 Å². The number of carbonyl (C=O) groups excluding carboxylic acids is 1. The molecule has 3 aromatic carbocycles. The first-order valence-electron chi connectivity index (χ1n) is 10.8. The first-order valence-corrected chi connectivity index (χ1v) is 11.2. The summed E-state index contributed by atoms with van der Waals surface area (Å²) in [5, 5.41) is 16.7. The lowest BCUT2D eigenvalue weighted by atomic mass is 9.91. The van der Waals surface area contributed by atoms with Crippen molar-refractivity contribution in [2.45, 2.75) is 18.5 Å². The molecule has 0 aliphatic carbocycles. The predicted molar refractivity (Wildman–Crippen MR) is 130 cm³/mol. The number of hydrogen-bond donors (Lipinski definition) is 0. The van der Waals surface area contributed by atoms with Gasteiger partial charge >= 0.3 is 0 Å². The summed E-state index contributed by atoms with van der Waals surface area (Å²) in [6.07, 6.45) is 1.81. The Hall–Kier alpha value is -4.24. The third-order valence-electron chi connectivity index (χ3n) is 6.13. The van der Waals surface area contributed by atoms with E-state index in [1.54, 1.807) is 30.0 Å². The molecular weight excluding hydrogens is 470 g/mol. The maximum Gasteiger partial charge on any atom is 0.282 e. The number of ether oxygens (including phenoxy) is 1. The quantitative estimate of drug-likeness (QED) is 0.281. The smallest absolute Gasteiger partial charge is 0.282 e. The van der Waals surface area contributed by atoms with Crippen molar-refractivity contribution >= 4 is 29.1 Å². The van der Waals surface area contributed by atoms with Gasteiger partial charge in [0.2, 0.25) is 5.95 Å². The number of para-hydroxylation sites is 2. The van der Waals surface area contributed by atoms with Crippen LogP contribution in [-0.4, -0.2) is 32.7 Å². The van der Waals surface area contributed by atoms with E-state index in [0.717, 1.165) is 11.1 Å². The number of halogens is 1. The molecule has 0 bridgehead atoms. The third-order valence-corrected chi connectivity index (χ3v) is 6.38. The number of nitro benzene ring substituents is 1. The van der Waals surface area contributed by atoms with Crippen LogP contribution < -0.4 is 9.64 Å². The fourth-order valence-corrected chi connectivity index (χ4v) is 4.66. The van der Waals surface area contributed by atoms with Gasteiger partial charge in [-0.25, -0.2) is 4.68 Å².